The van der Waals surface area contributed by atoms with E-state index in [1.54, 1.807) is 6.92 Å². The Morgan fingerprint density at radius 1 is 1.12 bits per heavy atom. The summed E-state index contributed by atoms with van der Waals surface area (Å²) in [7, 11) is 0. The third-order valence-corrected chi connectivity index (χ3v) is 5.29. The summed E-state index contributed by atoms with van der Waals surface area (Å²) in [6, 6.07) is 10.0. The molecule has 1 saturated heterocycles. The lowest BCUT2D eigenvalue weighted by atomic mass is 10.1. The van der Waals surface area contributed by atoms with Crippen molar-refractivity contribution in [2.75, 3.05) is 4.90 Å². The molecule has 1 fully saturated rings. The summed E-state index contributed by atoms with van der Waals surface area (Å²) in [6.07, 6.45) is -4.52. The maximum absolute atomic E-state index is 13.1. The van der Waals surface area contributed by atoms with Crippen molar-refractivity contribution in [1.29, 1.82) is 0 Å². The molecule has 1 aliphatic heterocycles. The number of rotatable bonds is 2. The van der Waals surface area contributed by atoms with Gasteiger partial charge in [-0.05, 0) is 48.4 Å². The first-order valence-electron chi connectivity index (χ1n) is 7.39. The van der Waals surface area contributed by atoms with E-state index in [1.165, 1.54) is 36.4 Å². The summed E-state index contributed by atoms with van der Waals surface area (Å²) in [4.78, 5) is 14.1. The number of anilines is 1. The fourth-order valence-electron chi connectivity index (χ4n) is 2.47. The molecule has 0 unspecified atom stereocenters. The number of alkyl halides is 3. The Balaban J connectivity index is 2.00. The first kappa shape index (κ1) is 18.6. The van der Waals surface area contributed by atoms with E-state index in [4.69, 9.17) is 12.2 Å². The van der Waals surface area contributed by atoms with E-state index in [-0.39, 0.29) is 10.0 Å². The van der Waals surface area contributed by atoms with Crippen LogP contribution in [-0.2, 0) is 11.0 Å². The second-order valence-corrected chi connectivity index (χ2v) is 7.16. The molecule has 0 saturated carbocycles. The number of halogens is 4. The lowest BCUT2D eigenvalue weighted by Gasteiger charge is -2.16. The third-order valence-electron chi connectivity index (χ3n) is 3.82. The zero-order valence-electron chi connectivity index (χ0n) is 13.3. The van der Waals surface area contributed by atoms with Gasteiger partial charge in [-0.25, -0.2) is 4.39 Å². The number of thiocarbonyl (C=S) groups is 1. The number of thioether (sulfide) groups is 1. The van der Waals surface area contributed by atoms with Crippen molar-refractivity contribution in [2.45, 2.75) is 13.1 Å². The Morgan fingerprint density at radius 2 is 1.77 bits per heavy atom. The lowest BCUT2D eigenvalue weighted by Crippen LogP contribution is -2.28. The van der Waals surface area contributed by atoms with Gasteiger partial charge < -0.3 is 0 Å². The molecular weight excluding hydrogens is 386 g/mol. The van der Waals surface area contributed by atoms with Crippen LogP contribution in [0.5, 0.6) is 0 Å². The van der Waals surface area contributed by atoms with Crippen LogP contribution in [0.25, 0.3) is 5.57 Å². The first-order chi connectivity index (χ1) is 12.2. The molecule has 8 heteroatoms. The van der Waals surface area contributed by atoms with Gasteiger partial charge in [-0.2, -0.15) is 13.2 Å². The fourth-order valence-corrected chi connectivity index (χ4v) is 3.82. The van der Waals surface area contributed by atoms with Gasteiger partial charge in [0.15, 0.2) is 4.32 Å². The topological polar surface area (TPSA) is 20.3 Å². The van der Waals surface area contributed by atoms with E-state index in [1.807, 2.05) is 0 Å². The largest absolute Gasteiger partial charge is 0.416 e. The summed E-state index contributed by atoms with van der Waals surface area (Å²) in [5.74, 6) is -0.904. The highest BCUT2D eigenvalue weighted by molar-refractivity contribution is 8.27. The summed E-state index contributed by atoms with van der Waals surface area (Å²) in [6.45, 7) is 1.69. The summed E-state index contributed by atoms with van der Waals surface area (Å²) < 4.78 is 52.0. The smallest absolute Gasteiger partial charge is 0.268 e. The van der Waals surface area contributed by atoms with Crippen molar-refractivity contribution in [3.8, 4) is 0 Å². The fraction of sp³-hybridized carbons (Fsp3) is 0.111. The van der Waals surface area contributed by atoms with Crippen LogP contribution in [0.2, 0.25) is 0 Å². The maximum atomic E-state index is 13.1. The van der Waals surface area contributed by atoms with E-state index < -0.39 is 23.5 Å². The Bertz CT molecular complexity index is 920. The normalized spacial score (nSPS) is 17.0. The zero-order chi connectivity index (χ0) is 19.1. The van der Waals surface area contributed by atoms with Gasteiger partial charge >= 0.3 is 6.18 Å². The number of carbonyl (C=O) groups excluding carboxylic acids is 1. The molecule has 0 radical (unpaired) electrons. The van der Waals surface area contributed by atoms with Crippen LogP contribution in [0, 0.1) is 5.82 Å². The van der Waals surface area contributed by atoms with Crippen molar-refractivity contribution in [2.24, 2.45) is 0 Å². The second-order valence-electron chi connectivity index (χ2n) is 5.52. The predicted molar refractivity (Wildman–Crippen MR) is 98.1 cm³/mol. The number of hydrogen-bond acceptors (Lipinski definition) is 3. The molecule has 0 bridgehead atoms. The molecule has 134 valence electrons. The molecule has 0 aromatic heterocycles. The number of amides is 1. The molecular formula is C18H11F4NOS2. The van der Waals surface area contributed by atoms with Gasteiger partial charge in [0, 0.05) is 0 Å². The van der Waals surface area contributed by atoms with Crippen molar-refractivity contribution >= 4 is 45.5 Å². The number of carbonyl (C=O) groups is 1. The van der Waals surface area contributed by atoms with Gasteiger partial charge in [-0.1, -0.05) is 42.2 Å². The van der Waals surface area contributed by atoms with Gasteiger partial charge in [-0.15, -0.1) is 0 Å². The average molecular weight is 397 g/mol. The Kier molecular flexibility index (Phi) is 4.90. The van der Waals surface area contributed by atoms with Gasteiger partial charge in [0.05, 0.1) is 16.2 Å². The van der Waals surface area contributed by atoms with E-state index in [0.29, 0.717) is 16.0 Å². The molecule has 0 N–H and O–H groups in total. The SMILES string of the molecule is C/C(=C1/SC(=S)N(c2cccc(C(F)(F)F)c2)C1=O)c1ccc(F)cc1. The molecule has 3 rings (SSSR count). The molecule has 0 aliphatic carbocycles. The minimum absolute atomic E-state index is 0.0595. The van der Waals surface area contributed by atoms with E-state index in [0.717, 1.165) is 28.8 Å². The van der Waals surface area contributed by atoms with E-state index in [2.05, 4.69) is 0 Å². The molecule has 1 aliphatic rings. The van der Waals surface area contributed by atoms with E-state index >= 15 is 0 Å². The van der Waals surface area contributed by atoms with Gasteiger partial charge in [-0.3, -0.25) is 9.69 Å². The molecule has 0 atom stereocenters. The molecule has 26 heavy (non-hydrogen) atoms. The van der Waals surface area contributed by atoms with E-state index in [9.17, 15) is 22.4 Å². The van der Waals surface area contributed by atoms with Crippen molar-refractivity contribution in [1.82, 2.24) is 0 Å². The summed E-state index contributed by atoms with van der Waals surface area (Å²) in [5.41, 5.74) is 0.417. The van der Waals surface area contributed by atoms with Crippen molar-refractivity contribution in [3.63, 3.8) is 0 Å². The second kappa shape index (κ2) is 6.85. The molecule has 2 aromatic rings. The zero-order valence-corrected chi connectivity index (χ0v) is 14.9. The monoisotopic (exact) mass is 397 g/mol. The molecule has 0 spiro atoms. The summed E-state index contributed by atoms with van der Waals surface area (Å²) in [5, 5.41) is 0. The standard InChI is InChI=1S/C18H11F4NOS2/c1-10(11-5-7-13(19)8-6-11)15-16(24)23(17(25)26-15)14-4-2-3-12(9-14)18(20,21)22/h2-9H,1H3/b15-10-. The number of allylic oxidation sites excluding steroid dienone is 1. The minimum Gasteiger partial charge on any atom is -0.268 e. The van der Waals surface area contributed by atoms with Gasteiger partial charge in [0.2, 0.25) is 0 Å². The highest BCUT2D eigenvalue weighted by Gasteiger charge is 2.37. The minimum atomic E-state index is -4.52. The third kappa shape index (κ3) is 3.52. The average Bonchev–Trinajstić information content (AvgIpc) is 2.89. The van der Waals surface area contributed by atoms with Crippen molar-refractivity contribution < 1.29 is 22.4 Å². The number of nitrogens with zero attached hydrogens (tertiary/aromatic N) is 1. The van der Waals surface area contributed by atoms with Crippen LogP contribution in [0.3, 0.4) is 0 Å². The highest BCUT2D eigenvalue weighted by Crippen LogP contribution is 2.40. The maximum Gasteiger partial charge on any atom is 0.416 e. The quantitative estimate of drug-likeness (QED) is 0.372. The molecule has 1 amide bonds. The van der Waals surface area contributed by atoms with Crippen LogP contribution in [-0.4, -0.2) is 10.2 Å². The van der Waals surface area contributed by atoms with Crippen LogP contribution in [0.1, 0.15) is 18.1 Å². The molecule has 1 heterocycles. The van der Waals surface area contributed by atoms with Crippen LogP contribution in [0.15, 0.2) is 53.4 Å². The Hall–Kier alpha value is -2.19. The Labute approximate surface area is 156 Å². The number of hydrogen-bond donors (Lipinski definition) is 0. The van der Waals surface area contributed by atoms with Crippen molar-refractivity contribution in [3.05, 3.63) is 70.4 Å². The number of benzene rings is 2. The first-order valence-corrected chi connectivity index (χ1v) is 8.61. The summed E-state index contributed by atoms with van der Waals surface area (Å²) >= 11 is 6.21. The lowest BCUT2D eigenvalue weighted by molar-refractivity contribution is -0.137. The van der Waals surface area contributed by atoms with Gasteiger partial charge in [0.25, 0.3) is 5.91 Å². The molecule has 2 aromatic carbocycles. The Morgan fingerprint density at radius 3 is 2.38 bits per heavy atom. The molecule has 2 nitrogen and oxygen atoms in total. The van der Waals surface area contributed by atoms with Crippen LogP contribution in [0.4, 0.5) is 23.2 Å². The van der Waals surface area contributed by atoms with Gasteiger partial charge in [0.1, 0.15) is 5.82 Å². The van der Waals surface area contributed by atoms with Crippen LogP contribution < -0.4 is 4.90 Å². The highest BCUT2D eigenvalue weighted by atomic mass is 32.2. The van der Waals surface area contributed by atoms with Crippen LogP contribution >= 0.6 is 24.0 Å². The predicted octanol–water partition coefficient (Wildman–Crippen LogP) is 5.64.